The Morgan fingerprint density at radius 3 is 2.32 bits per heavy atom. The summed E-state index contributed by atoms with van der Waals surface area (Å²) in [6.45, 7) is 0.493. The standard InChI is InChI=1S/C23H20N4O3S/c28-23(25-18-8-12-20(13-9-18)27-14-3-15-31(27,29)30)17-6-10-19(11-7-17)26-16-24-21-4-1-2-5-22(21)26/h1-2,4-13,16H,3,14-15H2,(H,25,28). The number of fused-ring (bicyclic) bond motifs is 1. The average molecular weight is 433 g/mol. The van der Waals surface area contributed by atoms with E-state index in [0.717, 1.165) is 16.7 Å². The van der Waals surface area contributed by atoms with Crippen molar-refractivity contribution in [3.05, 3.63) is 84.7 Å². The molecule has 1 aliphatic heterocycles. The van der Waals surface area contributed by atoms with Gasteiger partial charge in [-0.1, -0.05) is 12.1 Å². The Bertz CT molecular complexity index is 1360. The van der Waals surface area contributed by atoms with E-state index >= 15 is 0 Å². The van der Waals surface area contributed by atoms with Gasteiger partial charge in [0.15, 0.2) is 0 Å². The Hall–Kier alpha value is -3.65. The monoisotopic (exact) mass is 432 g/mol. The summed E-state index contributed by atoms with van der Waals surface area (Å²) in [5.74, 6) is -0.0559. The maximum atomic E-state index is 12.6. The first-order valence-corrected chi connectivity index (χ1v) is 11.6. The van der Waals surface area contributed by atoms with Crippen LogP contribution in [0.3, 0.4) is 0 Å². The molecule has 1 amide bonds. The molecule has 156 valence electrons. The lowest BCUT2D eigenvalue weighted by Crippen LogP contribution is -2.24. The van der Waals surface area contributed by atoms with Gasteiger partial charge in [0.1, 0.15) is 6.33 Å². The number of nitrogens with one attached hydrogen (secondary N) is 1. The third-order valence-corrected chi connectivity index (χ3v) is 7.24. The number of amides is 1. The van der Waals surface area contributed by atoms with Crippen molar-refractivity contribution in [2.45, 2.75) is 6.42 Å². The van der Waals surface area contributed by atoms with Gasteiger partial charge in [-0.15, -0.1) is 0 Å². The smallest absolute Gasteiger partial charge is 0.255 e. The number of aromatic nitrogens is 2. The van der Waals surface area contributed by atoms with Crippen LogP contribution < -0.4 is 9.62 Å². The van der Waals surface area contributed by atoms with Crippen molar-refractivity contribution in [2.75, 3.05) is 21.9 Å². The molecule has 2 heterocycles. The first kappa shape index (κ1) is 19.3. The second kappa shape index (κ2) is 7.55. The largest absolute Gasteiger partial charge is 0.322 e. The topological polar surface area (TPSA) is 84.3 Å². The van der Waals surface area contributed by atoms with E-state index in [9.17, 15) is 13.2 Å². The predicted molar refractivity (Wildman–Crippen MR) is 121 cm³/mol. The minimum absolute atomic E-state index is 0.177. The number of benzene rings is 3. The van der Waals surface area contributed by atoms with Gasteiger partial charge in [-0.05, 0) is 67.1 Å². The molecule has 1 aromatic heterocycles. The number of anilines is 2. The van der Waals surface area contributed by atoms with E-state index in [0.29, 0.717) is 29.9 Å². The van der Waals surface area contributed by atoms with Gasteiger partial charge in [0.25, 0.3) is 5.91 Å². The van der Waals surface area contributed by atoms with Crippen LogP contribution in [0.1, 0.15) is 16.8 Å². The van der Waals surface area contributed by atoms with E-state index in [1.807, 2.05) is 41.0 Å². The highest BCUT2D eigenvalue weighted by molar-refractivity contribution is 7.93. The van der Waals surface area contributed by atoms with Crippen LogP contribution in [0.15, 0.2) is 79.1 Å². The number of para-hydroxylation sites is 2. The van der Waals surface area contributed by atoms with Crippen LogP contribution in [0.4, 0.5) is 11.4 Å². The molecule has 0 atom stereocenters. The van der Waals surface area contributed by atoms with Crippen molar-refractivity contribution in [1.82, 2.24) is 9.55 Å². The first-order chi connectivity index (χ1) is 15.0. The number of imidazole rings is 1. The van der Waals surface area contributed by atoms with Crippen LogP contribution in [-0.4, -0.2) is 36.2 Å². The van der Waals surface area contributed by atoms with Crippen LogP contribution in [0.2, 0.25) is 0 Å². The Kier molecular flexibility index (Phi) is 4.71. The van der Waals surface area contributed by atoms with Gasteiger partial charge >= 0.3 is 0 Å². The molecule has 3 aromatic carbocycles. The number of hydrogen-bond donors (Lipinski definition) is 1. The van der Waals surface area contributed by atoms with Crippen molar-refractivity contribution in [3.63, 3.8) is 0 Å². The molecule has 4 aromatic rings. The molecule has 8 heteroatoms. The van der Waals surface area contributed by atoms with Gasteiger partial charge in [0, 0.05) is 23.5 Å². The Balaban J connectivity index is 1.31. The summed E-state index contributed by atoms with van der Waals surface area (Å²) < 4.78 is 27.5. The fourth-order valence-electron chi connectivity index (χ4n) is 3.78. The minimum Gasteiger partial charge on any atom is -0.322 e. The summed E-state index contributed by atoms with van der Waals surface area (Å²) >= 11 is 0. The van der Waals surface area contributed by atoms with E-state index in [1.165, 1.54) is 4.31 Å². The maximum absolute atomic E-state index is 12.6. The quantitative estimate of drug-likeness (QED) is 0.531. The van der Waals surface area contributed by atoms with Crippen molar-refractivity contribution in [2.24, 2.45) is 0 Å². The van der Waals surface area contributed by atoms with E-state index in [4.69, 9.17) is 0 Å². The Morgan fingerprint density at radius 1 is 0.903 bits per heavy atom. The molecule has 5 rings (SSSR count). The first-order valence-electron chi connectivity index (χ1n) is 9.96. The third-order valence-electron chi connectivity index (χ3n) is 5.37. The predicted octanol–water partition coefficient (Wildman–Crippen LogP) is 3.82. The molecular formula is C23H20N4O3S. The zero-order chi connectivity index (χ0) is 21.4. The molecule has 0 radical (unpaired) electrons. The van der Waals surface area contributed by atoms with E-state index < -0.39 is 10.0 Å². The van der Waals surface area contributed by atoms with Crippen LogP contribution in [0, 0.1) is 0 Å². The normalized spacial score (nSPS) is 15.3. The van der Waals surface area contributed by atoms with E-state index in [1.54, 1.807) is 42.7 Å². The highest BCUT2D eigenvalue weighted by Crippen LogP contribution is 2.25. The molecule has 1 N–H and O–H groups in total. The number of rotatable bonds is 4. The van der Waals surface area contributed by atoms with Crippen LogP contribution in [0.25, 0.3) is 16.7 Å². The zero-order valence-corrected chi connectivity index (χ0v) is 17.4. The van der Waals surface area contributed by atoms with Gasteiger partial charge < -0.3 is 5.32 Å². The lowest BCUT2D eigenvalue weighted by Gasteiger charge is -2.17. The number of nitrogens with zero attached hydrogens (tertiary/aromatic N) is 3. The van der Waals surface area contributed by atoms with Crippen LogP contribution in [-0.2, 0) is 10.0 Å². The second-order valence-electron chi connectivity index (χ2n) is 7.39. The molecule has 0 bridgehead atoms. The summed E-state index contributed by atoms with van der Waals surface area (Å²) in [5.41, 5.74) is 4.58. The number of hydrogen-bond acceptors (Lipinski definition) is 4. The third kappa shape index (κ3) is 3.66. The fraction of sp³-hybridized carbons (Fsp3) is 0.130. The fourth-order valence-corrected chi connectivity index (χ4v) is 5.35. The number of carbonyl (C=O) groups is 1. The number of carbonyl (C=O) groups excluding carboxylic acids is 1. The molecule has 0 unspecified atom stereocenters. The molecule has 31 heavy (non-hydrogen) atoms. The molecule has 0 aliphatic carbocycles. The van der Waals surface area contributed by atoms with Crippen molar-refractivity contribution in [3.8, 4) is 5.69 Å². The van der Waals surface area contributed by atoms with Gasteiger partial charge in [-0.2, -0.15) is 0 Å². The highest BCUT2D eigenvalue weighted by atomic mass is 32.2. The summed E-state index contributed by atoms with van der Waals surface area (Å²) in [4.78, 5) is 17.0. The molecule has 7 nitrogen and oxygen atoms in total. The van der Waals surface area contributed by atoms with Gasteiger partial charge in [-0.3, -0.25) is 13.7 Å². The average Bonchev–Trinajstić information content (AvgIpc) is 3.37. The molecule has 1 aliphatic rings. The second-order valence-corrected chi connectivity index (χ2v) is 9.41. The molecule has 1 fully saturated rings. The SMILES string of the molecule is O=C(Nc1ccc(N2CCCS2(=O)=O)cc1)c1ccc(-n2cnc3ccccc32)cc1. The van der Waals surface area contributed by atoms with Crippen molar-refractivity contribution >= 4 is 38.3 Å². The molecule has 1 saturated heterocycles. The highest BCUT2D eigenvalue weighted by Gasteiger charge is 2.28. The summed E-state index contributed by atoms with van der Waals surface area (Å²) in [5, 5.41) is 2.85. The minimum atomic E-state index is -3.22. The lowest BCUT2D eigenvalue weighted by atomic mass is 10.1. The molecular weight excluding hydrogens is 412 g/mol. The van der Waals surface area contributed by atoms with E-state index in [-0.39, 0.29) is 11.7 Å². The van der Waals surface area contributed by atoms with Gasteiger partial charge in [0.2, 0.25) is 10.0 Å². The van der Waals surface area contributed by atoms with Gasteiger partial charge in [0.05, 0.1) is 22.5 Å². The van der Waals surface area contributed by atoms with Crippen molar-refractivity contribution < 1.29 is 13.2 Å². The maximum Gasteiger partial charge on any atom is 0.255 e. The molecule has 0 saturated carbocycles. The number of sulfonamides is 1. The molecule has 0 spiro atoms. The van der Waals surface area contributed by atoms with E-state index in [2.05, 4.69) is 10.3 Å². The summed E-state index contributed by atoms with van der Waals surface area (Å²) in [7, 11) is -3.22. The summed E-state index contributed by atoms with van der Waals surface area (Å²) in [6.07, 6.45) is 2.40. The zero-order valence-electron chi connectivity index (χ0n) is 16.6. The summed E-state index contributed by atoms with van der Waals surface area (Å²) in [6, 6.07) is 22.0. The Labute approximate surface area is 180 Å². The van der Waals surface area contributed by atoms with Gasteiger partial charge in [-0.25, -0.2) is 13.4 Å². The van der Waals surface area contributed by atoms with Crippen molar-refractivity contribution in [1.29, 1.82) is 0 Å². The lowest BCUT2D eigenvalue weighted by molar-refractivity contribution is 0.102. The van der Waals surface area contributed by atoms with Crippen LogP contribution >= 0.6 is 0 Å². The van der Waals surface area contributed by atoms with Crippen LogP contribution in [0.5, 0.6) is 0 Å². The Morgan fingerprint density at radius 2 is 1.61 bits per heavy atom.